The topological polar surface area (TPSA) is 41.6 Å². The number of para-hydroxylation sites is 1. The molecule has 2 aromatic carbocycles. The highest BCUT2D eigenvalue weighted by Gasteiger charge is 2.21. The van der Waals surface area contributed by atoms with Gasteiger partial charge in [0, 0.05) is 31.2 Å². The predicted molar refractivity (Wildman–Crippen MR) is 115 cm³/mol. The first-order valence-electron chi connectivity index (χ1n) is 10.4. The van der Waals surface area contributed by atoms with Gasteiger partial charge in [0.25, 0.3) is 0 Å². The van der Waals surface area contributed by atoms with Crippen LogP contribution in [0.4, 0.5) is 5.69 Å². The molecule has 0 saturated heterocycles. The Labute approximate surface area is 168 Å². The standard InChI is InChI=1S/C24H32N2O2/c1-4-22(5-2)26-15-14-18-10-12-21(16-20(18)17-26)25-24(27)13-11-19-8-6-7-9-23(19)28-3/h6-10,12,16,22H,4-5,11,13-15,17H2,1-3H3,(H,25,27). The van der Waals surface area contributed by atoms with E-state index in [1.807, 2.05) is 30.3 Å². The SMILES string of the molecule is CCC(CC)N1CCc2ccc(NC(=O)CCc3ccccc3OC)cc2C1. The van der Waals surface area contributed by atoms with Crippen LogP contribution in [0.3, 0.4) is 0 Å². The molecule has 4 heteroatoms. The average molecular weight is 381 g/mol. The fourth-order valence-corrected chi connectivity index (χ4v) is 4.15. The zero-order valence-corrected chi connectivity index (χ0v) is 17.3. The van der Waals surface area contributed by atoms with E-state index in [4.69, 9.17) is 4.74 Å². The number of amides is 1. The van der Waals surface area contributed by atoms with Gasteiger partial charge >= 0.3 is 0 Å². The van der Waals surface area contributed by atoms with Gasteiger partial charge in [-0.1, -0.05) is 38.1 Å². The van der Waals surface area contributed by atoms with E-state index in [9.17, 15) is 4.79 Å². The number of aryl methyl sites for hydroxylation is 1. The van der Waals surface area contributed by atoms with E-state index >= 15 is 0 Å². The Bertz CT molecular complexity index is 799. The van der Waals surface area contributed by atoms with Crippen LogP contribution in [0, 0.1) is 0 Å². The quantitative estimate of drug-likeness (QED) is 0.714. The lowest BCUT2D eigenvalue weighted by molar-refractivity contribution is -0.116. The summed E-state index contributed by atoms with van der Waals surface area (Å²) in [6, 6.07) is 14.9. The van der Waals surface area contributed by atoms with Gasteiger partial charge in [-0.2, -0.15) is 0 Å². The number of benzene rings is 2. The number of rotatable bonds is 8. The molecular weight excluding hydrogens is 348 g/mol. The van der Waals surface area contributed by atoms with Gasteiger partial charge in [-0.15, -0.1) is 0 Å². The molecule has 3 rings (SSSR count). The summed E-state index contributed by atoms with van der Waals surface area (Å²) in [6.07, 6.45) is 4.57. The van der Waals surface area contributed by atoms with Gasteiger partial charge in [0.05, 0.1) is 7.11 Å². The number of carbonyl (C=O) groups excluding carboxylic acids is 1. The number of ether oxygens (including phenoxy) is 1. The van der Waals surface area contributed by atoms with Gasteiger partial charge in [-0.3, -0.25) is 9.69 Å². The molecule has 4 nitrogen and oxygen atoms in total. The highest BCUT2D eigenvalue weighted by Crippen LogP contribution is 2.26. The fourth-order valence-electron chi connectivity index (χ4n) is 4.15. The molecule has 0 bridgehead atoms. The maximum absolute atomic E-state index is 12.5. The molecule has 1 N–H and O–H groups in total. The predicted octanol–water partition coefficient (Wildman–Crippen LogP) is 4.81. The largest absolute Gasteiger partial charge is 0.496 e. The van der Waals surface area contributed by atoms with Crippen molar-refractivity contribution in [2.45, 2.75) is 58.5 Å². The van der Waals surface area contributed by atoms with Crippen LogP contribution in [0.2, 0.25) is 0 Å². The molecule has 1 aliphatic rings. The average Bonchev–Trinajstić information content (AvgIpc) is 2.73. The van der Waals surface area contributed by atoms with Gasteiger partial charge in [-0.05, 0) is 60.6 Å². The lowest BCUT2D eigenvalue weighted by Crippen LogP contribution is -2.38. The highest BCUT2D eigenvalue weighted by molar-refractivity contribution is 5.91. The smallest absolute Gasteiger partial charge is 0.224 e. The fraction of sp³-hybridized carbons (Fsp3) is 0.458. The Kier molecular flexibility index (Phi) is 7.10. The van der Waals surface area contributed by atoms with E-state index < -0.39 is 0 Å². The molecule has 0 atom stereocenters. The third-order valence-corrected chi connectivity index (χ3v) is 5.80. The van der Waals surface area contributed by atoms with E-state index in [1.54, 1.807) is 7.11 Å². The number of carbonyl (C=O) groups is 1. The molecule has 28 heavy (non-hydrogen) atoms. The van der Waals surface area contributed by atoms with Gasteiger partial charge in [0.1, 0.15) is 5.75 Å². The van der Waals surface area contributed by atoms with Crippen molar-refractivity contribution in [3.05, 3.63) is 59.2 Å². The van der Waals surface area contributed by atoms with Crippen LogP contribution in [0.15, 0.2) is 42.5 Å². The first-order chi connectivity index (χ1) is 13.6. The Morgan fingerprint density at radius 2 is 1.93 bits per heavy atom. The highest BCUT2D eigenvalue weighted by atomic mass is 16.5. The lowest BCUT2D eigenvalue weighted by atomic mass is 9.96. The molecule has 0 aliphatic carbocycles. The summed E-state index contributed by atoms with van der Waals surface area (Å²) in [5.41, 5.74) is 4.72. The third kappa shape index (κ3) is 4.93. The Balaban J connectivity index is 1.61. The zero-order valence-electron chi connectivity index (χ0n) is 17.3. The lowest BCUT2D eigenvalue weighted by Gasteiger charge is -2.35. The minimum absolute atomic E-state index is 0.0403. The Hall–Kier alpha value is -2.33. The van der Waals surface area contributed by atoms with Gasteiger partial charge in [0.2, 0.25) is 5.91 Å². The van der Waals surface area contributed by atoms with Crippen molar-refractivity contribution in [2.24, 2.45) is 0 Å². The summed E-state index contributed by atoms with van der Waals surface area (Å²) in [5.74, 6) is 0.879. The molecule has 1 amide bonds. The van der Waals surface area contributed by atoms with Crippen LogP contribution in [0.1, 0.15) is 49.8 Å². The molecule has 150 valence electrons. The van der Waals surface area contributed by atoms with Crippen molar-refractivity contribution >= 4 is 11.6 Å². The van der Waals surface area contributed by atoms with Crippen molar-refractivity contribution in [2.75, 3.05) is 19.0 Å². The normalized spacial score (nSPS) is 14.0. The molecule has 0 unspecified atom stereocenters. The summed E-state index contributed by atoms with van der Waals surface area (Å²) in [7, 11) is 1.66. The summed E-state index contributed by atoms with van der Waals surface area (Å²) in [4.78, 5) is 15.0. The number of anilines is 1. The summed E-state index contributed by atoms with van der Waals surface area (Å²) >= 11 is 0. The van der Waals surface area contributed by atoms with Crippen LogP contribution < -0.4 is 10.1 Å². The molecular formula is C24H32N2O2. The molecule has 1 aliphatic heterocycles. The van der Waals surface area contributed by atoms with Crippen molar-refractivity contribution in [1.29, 1.82) is 0 Å². The van der Waals surface area contributed by atoms with Crippen molar-refractivity contribution < 1.29 is 9.53 Å². The second-order valence-corrected chi connectivity index (χ2v) is 7.53. The zero-order chi connectivity index (χ0) is 19.9. The van der Waals surface area contributed by atoms with Gasteiger partial charge < -0.3 is 10.1 Å². The third-order valence-electron chi connectivity index (χ3n) is 5.80. The number of nitrogens with zero attached hydrogens (tertiary/aromatic N) is 1. The van der Waals surface area contributed by atoms with Crippen LogP contribution in [-0.2, 0) is 24.2 Å². The molecule has 2 aromatic rings. The van der Waals surface area contributed by atoms with E-state index in [1.165, 1.54) is 24.0 Å². The number of methoxy groups -OCH3 is 1. The maximum atomic E-state index is 12.5. The number of nitrogens with one attached hydrogen (secondary N) is 1. The molecule has 0 fully saturated rings. The van der Waals surface area contributed by atoms with E-state index in [-0.39, 0.29) is 5.91 Å². The van der Waals surface area contributed by atoms with Gasteiger partial charge in [0.15, 0.2) is 0 Å². The number of hydrogen-bond acceptors (Lipinski definition) is 3. The van der Waals surface area contributed by atoms with Crippen LogP contribution in [0.5, 0.6) is 5.75 Å². The van der Waals surface area contributed by atoms with Crippen LogP contribution >= 0.6 is 0 Å². The van der Waals surface area contributed by atoms with E-state index in [2.05, 4.69) is 36.2 Å². The first kappa shape index (κ1) is 20.4. The van der Waals surface area contributed by atoms with Crippen LogP contribution in [0.25, 0.3) is 0 Å². The summed E-state index contributed by atoms with van der Waals surface area (Å²) < 4.78 is 5.37. The van der Waals surface area contributed by atoms with E-state index in [0.29, 0.717) is 18.9 Å². The first-order valence-corrected chi connectivity index (χ1v) is 10.4. The van der Waals surface area contributed by atoms with Crippen molar-refractivity contribution in [1.82, 2.24) is 4.90 Å². The number of hydrogen-bond donors (Lipinski definition) is 1. The Morgan fingerprint density at radius 3 is 2.68 bits per heavy atom. The monoisotopic (exact) mass is 380 g/mol. The second kappa shape index (κ2) is 9.74. The summed E-state index contributed by atoms with van der Waals surface area (Å²) in [6.45, 7) is 6.64. The van der Waals surface area contributed by atoms with E-state index in [0.717, 1.165) is 36.5 Å². The minimum Gasteiger partial charge on any atom is -0.496 e. The minimum atomic E-state index is 0.0403. The summed E-state index contributed by atoms with van der Waals surface area (Å²) in [5, 5.41) is 3.07. The molecule has 0 spiro atoms. The van der Waals surface area contributed by atoms with Crippen molar-refractivity contribution in [3.63, 3.8) is 0 Å². The van der Waals surface area contributed by atoms with Crippen LogP contribution in [-0.4, -0.2) is 30.5 Å². The maximum Gasteiger partial charge on any atom is 0.224 e. The number of fused-ring (bicyclic) bond motifs is 1. The molecule has 0 aromatic heterocycles. The molecule has 0 saturated carbocycles. The van der Waals surface area contributed by atoms with Crippen molar-refractivity contribution in [3.8, 4) is 5.75 Å². The Morgan fingerprint density at radius 1 is 1.14 bits per heavy atom. The molecule has 1 heterocycles. The second-order valence-electron chi connectivity index (χ2n) is 7.53. The molecule has 0 radical (unpaired) electrons. The van der Waals surface area contributed by atoms with Gasteiger partial charge in [-0.25, -0.2) is 0 Å².